The minimum atomic E-state index is -4.07. The van der Waals surface area contributed by atoms with Gasteiger partial charge in [0.1, 0.15) is 47.9 Å². The van der Waals surface area contributed by atoms with E-state index in [1.54, 1.807) is 12.1 Å². The number of anilines is 1. The van der Waals surface area contributed by atoms with Gasteiger partial charge in [0.25, 0.3) is 0 Å². The van der Waals surface area contributed by atoms with E-state index in [0.717, 1.165) is 0 Å². The van der Waals surface area contributed by atoms with Crippen LogP contribution in [-0.4, -0.2) is 87.8 Å². The van der Waals surface area contributed by atoms with Crippen molar-refractivity contribution in [2.75, 3.05) is 17.3 Å². The first-order chi connectivity index (χ1) is 24.3. The van der Waals surface area contributed by atoms with Gasteiger partial charge in [0.15, 0.2) is 9.84 Å². The molecule has 1 amide bonds. The van der Waals surface area contributed by atoms with Gasteiger partial charge in [0.2, 0.25) is 5.91 Å². The number of carbonyl (C=O) groups is 1. The lowest BCUT2D eigenvalue weighted by molar-refractivity contribution is -0.223. The summed E-state index contributed by atoms with van der Waals surface area (Å²) in [5.74, 6) is -2.72. The molecule has 0 aliphatic carbocycles. The van der Waals surface area contributed by atoms with Crippen LogP contribution in [0, 0.1) is 17.6 Å². The van der Waals surface area contributed by atoms with Crippen LogP contribution in [0.3, 0.4) is 0 Å². The van der Waals surface area contributed by atoms with Crippen molar-refractivity contribution in [3.05, 3.63) is 114 Å². The van der Waals surface area contributed by atoms with Gasteiger partial charge >= 0.3 is 0 Å². The number of β-lactam (4-membered cyclic amide) rings is 1. The van der Waals surface area contributed by atoms with Crippen LogP contribution in [0.2, 0.25) is 0 Å². The van der Waals surface area contributed by atoms with Gasteiger partial charge in [-0.25, -0.2) is 17.2 Å². The Balaban J connectivity index is 1.21. The van der Waals surface area contributed by atoms with E-state index in [0.29, 0.717) is 27.9 Å². The average molecular weight is 726 g/mol. The number of nitrogens with zero attached hydrogens (tertiary/aromatic N) is 1. The summed E-state index contributed by atoms with van der Waals surface area (Å²) in [6, 6.07) is 20.7. The summed E-state index contributed by atoms with van der Waals surface area (Å²) in [6.07, 6.45) is -8.23. The molecule has 0 aromatic heterocycles. The van der Waals surface area contributed by atoms with E-state index < -0.39 is 82.4 Å². The standard InChI is InChI=1S/C37H37F2NO10S/c38-23-6-1-21(2-7-23)29(42)16-15-28-33(40(37(28)47)25-10-8-24(39)9-11-25)27-14-5-22(17-30(27)43)20-3-12-26(13-4-20)51(48,49)19-32-35(45)36(46)34(44)31(18-41)50-32/h1-14,17,28-29,31-36,41-46H,15-16,18-19H2. The van der Waals surface area contributed by atoms with Gasteiger partial charge in [-0.3, -0.25) is 4.79 Å². The second-order valence-electron chi connectivity index (χ2n) is 12.8. The van der Waals surface area contributed by atoms with Crippen LogP contribution < -0.4 is 4.90 Å². The molecule has 0 saturated carbocycles. The molecule has 2 heterocycles. The number of aromatic hydroxyl groups is 1. The van der Waals surface area contributed by atoms with Gasteiger partial charge < -0.3 is 40.3 Å². The SMILES string of the molecule is O=C1C(CCC(O)c2ccc(F)cc2)C(c2ccc(-c3ccc(S(=O)(=O)CC4OC(CO)C(O)C(O)C4O)cc3)cc2O)N1c1ccc(F)cc1. The highest BCUT2D eigenvalue weighted by Gasteiger charge is 2.49. The Hall–Kier alpha value is -4.28. The van der Waals surface area contributed by atoms with E-state index in [4.69, 9.17) is 4.74 Å². The zero-order chi connectivity index (χ0) is 36.6. The van der Waals surface area contributed by atoms with Gasteiger partial charge in [-0.2, -0.15) is 0 Å². The number of halogens is 2. The Bertz CT molecular complexity index is 1960. The summed E-state index contributed by atoms with van der Waals surface area (Å²) in [5, 5.41) is 61.8. The molecule has 6 rings (SSSR count). The Morgan fingerprint density at radius 2 is 1.37 bits per heavy atom. The first kappa shape index (κ1) is 36.5. The van der Waals surface area contributed by atoms with Crippen LogP contribution in [-0.2, 0) is 19.4 Å². The maximum absolute atomic E-state index is 13.7. The summed E-state index contributed by atoms with van der Waals surface area (Å²) < 4.78 is 58.8. The molecule has 8 atom stereocenters. The van der Waals surface area contributed by atoms with Crippen molar-refractivity contribution < 1.29 is 57.4 Å². The first-order valence-electron chi connectivity index (χ1n) is 16.3. The molecular formula is C37H37F2NO10S. The summed E-state index contributed by atoms with van der Waals surface area (Å²) in [4.78, 5) is 14.8. The highest BCUT2D eigenvalue weighted by molar-refractivity contribution is 7.91. The number of rotatable bonds is 11. The van der Waals surface area contributed by atoms with Gasteiger partial charge in [-0.05, 0) is 84.1 Å². The van der Waals surface area contributed by atoms with Crippen molar-refractivity contribution in [2.45, 2.75) is 60.4 Å². The number of ether oxygens (including phenoxy) is 1. The van der Waals surface area contributed by atoms with E-state index in [9.17, 15) is 52.6 Å². The normalized spacial score (nSPS) is 25.7. The molecule has 0 radical (unpaired) electrons. The molecule has 270 valence electrons. The number of benzene rings is 4. The molecule has 0 bridgehead atoms. The predicted octanol–water partition coefficient (Wildman–Crippen LogP) is 3.17. The molecule has 4 aromatic rings. The quantitative estimate of drug-likeness (QED) is 0.126. The summed E-state index contributed by atoms with van der Waals surface area (Å²) in [6.45, 7) is -0.690. The second kappa shape index (κ2) is 14.8. The van der Waals surface area contributed by atoms with E-state index in [-0.39, 0.29) is 29.4 Å². The number of hydrogen-bond acceptors (Lipinski definition) is 10. The molecule has 6 N–H and O–H groups in total. The van der Waals surface area contributed by atoms with Crippen LogP contribution >= 0.6 is 0 Å². The van der Waals surface area contributed by atoms with Crippen molar-refractivity contribution in [3.8, 4) is 16.9 Å². The van der Waals surface area contributed by atoms with Crippen LogP contribution in [0.25, 0.3) is 11.1 Å². The molecule has 11 nitrogen and oxygen atoms in total. The maximum Gasteiger partial charge on any atom is 0.233 e. The first-order valence-corrected chi connectivity index (χ1v) is 17.9. The Morgan fingerprint density at radius 3 is 1.98 bits per heavy atom. The molecule has 2 fully saturated rings. The lowest BCUT2D eigenvalue weighted by Crippen LogP contribution is -2.60. The Labute approximate surface area is 292 Å². The largest absolute Gasteiger partial charge is 0.508 e. The zero-order valence-electron chi connectivity index (χ0n) is 27.0. The molecule has 4 aromatic carbocycles. The van der Waals surface area contributed by atoms with Gasteiger partial charge in [0.05, 0.1) is 35.3 Å². The second-order valence-corrected chi connectivity index (χ2v) is 14.9. The van der Waals surface area contributed by atoms with Crippen molar-refractivity contribution >= 4 is 21.4 Å². The molecule has 2 aliphatic heterocycles. The molecule has 14 heteroatoms. The topological polar surface area (TPSA) is 185 Å². The van der Waals surface area contributed by atoms with E-state index in [1.165, 1.54) is 83.8 Å². The maximum atomic E-state index is 13.7. The molecule has 8 unspecified atom stereocenters. The Kier molecular flexibility index (Phi) is 10.6. The fraction of sp³-hybridized carbons (Fsp3) is 0.324. The number of phenols is 1. The molecule has 0 spiro atoms. The van der Waals surface area contributed by atoms with Gasteiger partial charge in [-0.1, -0.05) is 36.4 Å². The van der Waals surface area contributed by atoms with Gasteiger partial charge in [-0.15, -0.1) is 0 Å². The lowest BCUT2D eigenvalue weighted by atomic mass is 9.77. The van der Waals surface area contributed by atoms with E-state index in [1.807, 2.05) is 0 Å². The third-order valence-electron chi connectivity index (χ3n) is 9.60. The van der Waals surface area contributed by atoms with Gasteiger partial charge in [0, 0.05) is 11.3 Å². The van der Waals surface area contributed by atoms with Crippen LogP contribution in [0.5, 0.6) is 5.75 Å². The fourth-order valence-electron chi connectivity index (χ4n) is 6.72. The number of aliphatic hydroxyl groups is 5. The van der Waals surface area contributed by atoms with Crippen LogP contribution in [0.1, 0.15) is 36.1 Å². The van der Waals surface area contributed by atoms with Crippen molar-refractivity contribution in [1.29, 1.82) is 0 Å². The van der Waals surface area contributed by atoms with Crippen LogP contribution in [0.15, 0.2) is 95.9 Å². The monoisotopic (exact) mass is 725 g/mol. The number of sulfone groups is 1. The Morgan fingerprint density at radius 1 is 0.784 bits per heavy atom. The molecular weight excluding hydrogens is 688 g/mol. The summed E-state index contributed by atoms with van der Waals surface area (Å²) >= 11 is 0. The highest BCUT2D eigenvalue weighted by Crippen LogP contribution is 2.49. The molecule has 2 saturated heterocycles. The lowest BCUT2D eigenvalue weighted by Gasteiger charge is -2.48. The summed E-state index contributed by atoms with van der Waals surface area (Å²) in [7, 11) is -4.07. The van der Waals surface area contributed by atoms with E-state index in [2.05, 4.69) is 0 Å². The molecule has 51 heavy (non-hydrogen) atoms. The smallest absolute Gasteiger partial charge is 0.233 e. The minimum absolute atomic E-state index is 0.113. The number of amides is 1. The van der Waals surface area contributed by atoms with Crippen molar-refractivity contribution in [1.82, 2.24) is 0 Å². The van der Waals surface area contributed by atoms with Crippen molar-refractivity contribution in [3.63, 3.8) is 0 Å². The summed E-state index contributed by atoms with van der Waals surface area (Å²) in [5.41, 5.74) is 2.39. The predicted molar refractivity (Wildman–Crippen MR) is 180 cm³/mol. The highest BCUT2D eigenvalue weighted by atomic mass is 32.2. The third kappa shape index (κ3) is 7.39. The average Bonchev–Trinajstić information content (AvgIpc) is 3.12. The number of carbonyl (C=O) groups excluding carboxylic acids is 1. The number of aliphatic hydroxyl groups excluding tert-OH is 5. The van der Waals surface area contributed by atoms with Crippen LogP contribution in [0.4, 0.5) is 14.5 Å². The molecule has 2 aliphatic rings. The zero-order valence-corrected chi connectivity index (χ0v) is 27.9. The van der Waals surface area contributed by atoms with Crippen molar-refractivity contribution in [2.24, 2.45) is 5.92 Å². The number of phenolic OH excluding ortho intramolecular Hbond substituents is 1. The minimum Gasteiger partial charge on any atom is -0.508 e. The third-order valence-corrected chi connectivity index (χ3v) is 11.4. The van der Waals surface area contributed by atoms with E-state index >= 15 is 0 Å². The number of hydrogen-bond donors (Lipinski definition) is 6. The fourth-order valence-corrected chi connectivity index (χ4v) is 8.17.